The first-order valence-electron chi connectivity index (χ1n) is 13.0. The maximum absolute atomic E-state index is 12.9. The fraction of sp³-hybridized carbons (Fsp3) is 0.400. The Morgan fingerprint density at radius 1 is 0.897 bits per heavy atom. The minimum Gasteiger partial charge on any atom is -0.494 e. The lowest BCUT2D eigenvalue weighted by Gasteiger charge is -2.47. The van der Waals surface area contributed by atoms with Crippen LogP contribution in [0.1, 0.15) is 42.4 Å². The Morgan fingerprint density at radius 2 is 1.54 bits per heavy atom. The van der Waals surface area contributed by atoms with E-state index in [-0.39, 0.29) is 42.5 Å². The molecule has 2 atom stereocenters. The topological polar surface area (TPSA) is 24.9 Å². The molecule has 9 heteroatoms. The van der Waals surface area contributed by atoms with E-state index in [4.69, 9.17) is 4.74 Å². The Balaban J connectivity index is 0.00000210. The molecule has 212 valence electrons. The van der Waals surface area contributed by atoms with Crippen LogP contribution < -0.4 is 9.47 Å². The highest BCUT2D eigenvalue weighted by Gasteiger charge is 2.42. The van der Waals surface area contributed by atoms with E-state index < -0.39 is 6.36 Å². The molecule has 0 unspecified atom stereocenters. The molecular formula is C30H35Cl2F3N2O2. The number of hydrogen-bond donors (Lipinski definition) is 0. The van der Waals surface area contributed by atoms with Gasteiger partial charge in [-0.1, -0.05) is 60.7 Å². The second-order valence-electron chi connectivity index (χ2n) is 9.84. The second kappa shape index (κ2) is 13.8. The van der Waals surface area contributed by atoms with Gasteiger partial charge in [-0.3, -0.25) is 9.80 Å². The van der Waals surface area contributed by atoms with Gasteiger partial charge >= 0.3 is 6.36 Å². The van der Waals surface area contributed by atoms with Gasteiger partial charge in [0.05, 0.1) is 6.61 Å². The maximum atomic E-state index is 12.9. The number of piperazine rings is 1. The summed E-state index contributed by atoms with van der Waals surface area (Å²) < 4.78 is 48.8. The number of benzene rings is 3. The lowest BCUT2D eigenvalue weighted by molar-refractivity contribution is -0.274. The minimum atomic E-state index is -4.73. The van der Waals surface area contributed by atoms with Crippen LogP contribution in [-0.2, 0) is 6.54 Å². The van der Waals surface area contributed by atoms with Crippen molar-refractivity contribution in [1.82, 2.24) is 9.80 Å². The molecule has 0 saturated carbocycles. The lowest BCUT2D eigenvalue weighted by Crippen LogP contribution is -2.57. The van der Waals surface area contributed by atoms with E-state index in [1.54, 1.807) is 6.07 Å². The molecule has 5 rings (SSSR count). The highest BCUT2D eigenvalue weighted by atomic mass is 35.5. The quantitative estimate of drug-likeness (QED) is 0.278. The Bertz CT molecular complexity index is 1130. The van der Waals surface area contributed by atoms with E-state index in [0.29, 0.717) is 30.5 Å². The molecule has 0 bridgehead atoms. The normalized spacial score (nSPS) is 19.6. The molecule has 0 N–H and O–H groups in total. The van der Waals surface area contributed by atoms with Crippen molar-refractivity contribution in [2.45, 2.75) is 50.7 Å². The van der Waals surface area contributed by atoms with Gasteiger partial charge in [-0.15, -0.1) is 38.0 Å². The van der Waals surface area contributed by atoms with Gasteiger partial charge in [-0.2, -0.15) is 0 Å². The summed E-state index contributed by atoms with van der Waals surface area (Å²) in [7, 11) is 0. The van der Waals surface area contributed by atoms with Crippen LogP contribution in [0.25, 0.3) is 0 Å². The summed E-state index contributed by atoms with van der Waals surface area (Å²) in [5.74, 6) is 0.579. The van der Waals surface area contributed by atoms with Gasteiger partial charge in [0.25, 0.3) is 0 Å². The third-order valence-electron chi connectivity index (χ3n) is 7.42. The highest BCUT2D eigenvalue weighted by Crippen LogP contribution is 2.38. The monoisotopic (exact) mass is 582 g/mol. The van der Waals surface area contributed by atoms with Gasteiger partial charge in [0.15, 0.2) is 0 Å². The van der Waals surface area contributed by atoms with Crippen LogP contribution in [0.15, 0.2) is 78.9 Å². The van der Waals surface area contributed by atoms with Gasteiger partial charge < -0.3 is 9.47 Å². The van der Waals surface area contributed by atoms with Crippen molar-refractivity contribution in [3.63, 3.8) is 0 Å². The van der Waals surface area contributed by atoms with Gasteiger partial charge in [-0.05, 0) is 55.6 Å². The molecule has 2 heterocycles. The zero-order valence-corrected chi connectivity index (χ0v) is 23.5. The first-order valence-corrected chi connectivity index (χ1v) is 13.0. The molecule has 2 fully saturated rings. The third kappa shape index (κ3) is 7.60. The van der Waals surface area contributed by atoms with Crippen LogP contribution in [0.3, 0.4) is 0 Å². The van der Waals surface area contributed by atoms with E-state index in [9.17, 15) is 13.2 Å². The van der Waals surface area contributed by atoms with Crippen molar-refractivity contribution in [3.05, 3.63) is 95.6 Å². The van der Waals surface area contributed by atoms with Crippen LogP contribution in [0, 0.1) is 0 Å². The molecule has 2 aliphatic heterocycles. The molecule has 39 heavy (non-hydrogen) atoms. The predicted octanol–water partition coefficient (Wildman–Crippen LogP) is 7.31. The standard InChI is InChI=1S/C30H33F3N2O2.2ClH/c1-2-36-28-16-15-26(37-30(31,32)33)18-24(28)19-34-20-25-14-9-17-35(25)27(21-34)29(22-10-5-3-6-11-22)23-12-7-4-8-13-23;;/h3-8,10-13,15-16,18,25,27,29H,2,9,14,17,19-21H2,1H3;2*1H/t25-,27-;;/m0../s1. The van der Waals surface area contributed by atoms with E-state index in [1.165, 1.54) is 23.3 Å². The summed E-state index contributed by atoms with van der Waals surface area (Å²) in [6, 6.07) is 26.3. The number of nitrogens with zero attached hydrogens (tertiary/aromatic N) is 2. The zero-order valence-electron chi connectivity index (χ0n) is 21.8. The molecule has 0 amide bonds. The molecule has 3 aromatic rings. The first-order chi connectivity index (χ1) is 17.9. The number of hydrogen-bond acceptors (Lipinski definition) is 4. The Morgan fingerprint density at radius 3 is 2.13 bits per heavy atom. The van der Waals surface area contributed by atoms with Crippen LogP contribution >= 0.6 is 24.8 Å². The number of halogens is 5. The third-order valence-corrected chi connectivity index (χ3v) is 7.42. The van der Waals surface area contributed by atoms with Crippen LogP contribution in [0.2, 0.25) is 0 Å². The zero-order chi connectivity index (χ0) is 25.8. The van der Waals surface area contributed by atoms with Crippen molar-refractivity contribution in [3.8, 4) is 11.5 Å². The van der Waals surface area contributed by atoms with E-state index in [0.717, 1.165) is 32.5 Å². The largest absolute Gasteiger partial charge is 0.573 e. The van der Waals surface area contributed by atoms with Gasteiger partial charge in [-0.25, -0.2) is 0 Å². The van der Waals surface area contributed by atoms with Crippen molar-refractivity contribution in [2.75, 3.05) is 26.2 Å². The van der Waals surface area contributed by atoms with Gasteiger partial charge in [0, 0.05) is 43.2 Å². The summed E-state index contributed by atoms with van der Waals surface area (Å²) in [6.07, 6.45) is -2.45. The van der Waals surface area contributed by atoms with E-state index in [2.05, 4.69) is 63.1 Å². The highest BCUT2D eigenvalue weighted by molar-refractivity contribution is 5.85. The van der Waals surface area contributed by atoms with Crippen molar-refractivity contribution < 1.29 is 22.6 Å². The molecule has 0 radical (unpaired) electrons. The van der Waals surface area contributed by atoms with Crippen molar-refractivity contribution >= 4 is 24.8 Å². The molecule has 2 aliphatic rings. The van der Waals surface area contributed by atoms with Crippen LogP contribution in [0.4, 0.5) is 13.2 Å². The molecule has 0 aliphatic carbocycles. The Hall–Kier alpha value is -2.45. The number of rotatable bonds is 8. The maximum Gasteiger partial charge on any atom is 0.573 e. The van der Waals surface area contributed by atoms with Crippen LogP contribution in [0.5, 0.6) is 11.5 Å². The Labute approximate surface area is 240 Å². The van der Waals surface area contributed by atoms with E-state index >= 15 is 0 Å². The average Bonchev–Trinajstić information content (AvgIpc) is 3.35. The SMILES string of the molecule is CCOc1ccc(OC(F)(F)F)cc1CN1C[C@@H]2CCCN2[C@H](C(c2ccccc2)c2ccccc2)C1.Cl.Cl. The fourth-order valence-electron chi connectivity index (χ4n) is 6.03. The van der Waals surface area contributed by atoms with E-state index in [1.807, 2.05) is 19.1 Å². The Kier molecular flexibility index (Phi) is 11.0. The summed E-state index contributed by atoms with van der Waals surface area (Å²) >= 11 is 0. The smallest absolute Gasteiger partial charge is 0.494 e. The molecule has 0 aromatic heterocycles. The lowest BCUT2D eigenvalue weighted by atomic mass is 9.82. The second-order valence-corrected chi connectivity index (χ2v) is 9.84. The predicted molar refractivity (Wildman–Crippen MR) is 152 cm³/mol. The van der Waals surface area contributed by atoms with Crippen molar-refractivity contribution in [2.24, 2.45) is 0 Å². The number of alkyl halides is 3. The summed E-state index contributed by atoms with van der Waals surface area (Å²) in [5.41, 5.74) is 3.27. The molecule has 0 spiro atoms. The fourth-order valence-corrected chi connectivity index (χ4v) is 6.03. The van der Waals surface area contributed by atoms with Gasteiger partial charge in [0.1, 0.15) is 11.5 Å². The minimum absolute atomic E-state index is 0. The molecule has 3 aromatic carbocycles. The average molecular weight is 584 g/mol. The summed E-state index contributed by atoms with van der Waals surface area (Å²) in [4.78, 5) is 5.04. The molecule has 2 saturated heterocycles. The molecule has 4 nitrogen and oxygen atoms in total. The first kappa shape index (κ1) is 31.1. The summed E-state index contributed by atoms with van der Waals surface area (Å²) in [6.45, 7) is 5.57. The number of ether oxygens (including phenoxy) is 2. The van der Waals surface area contributed by atoms with Gasteiger partial charge in [0.2, 0.25) is 0 Å². The van der Waals surface area contributed by atoms with Crippen molar-refractivity contribution in [1.29, 1.82) is 0 Å². The molecular weight excluding hydrogens is 548 g/mol. The van der Waals surface area contributed by atoms with Crippen LogP contribution in [-0.4, -0.2) is 54.5 Å². The number of fused-ring (bicyclic) bond motifs is 1. The summed E-state index contributed by atoms with van der Waals surface area (Å²) in [5, 5.41) is 0.